The van der Waals surface area contributed by atoms with E-state index in [0.717, 1.165) is 33.3 Å². The van der Waals surface area contributed by atoms with E-state index in [4.69, 9.17) is 4.74 Å². The summed E-state index contributed by atoms with van der Waals surface area (Å²) in [6.45, 7) is 0.458. The van der Waals surface area contributed by atoms with Gasteiger partial charge in [-0.15, -0.1) is 0 Å². The van der Waals surface area contributed by atoms with Gasteiger partial charge in [0.15, 0.2) is 0 Å². The number of benzene rings is 2. The number of ether oxygens (including phenoxy) is 1. The second kappa shape index (κ2) is 8.61. The Morgan fingerprint density at radius 1 is 1.07 bits per heavy atom. The van der Waals surface area contributed by atoms with Crippen molar-refractivity contribution in [3.8, 4) is 5.75 Å². The van der Waals surface area contributed by atoms with E-state index >= 15 is 0 Å². The summed E-state index contributed by atoms with van der Waals surface area (Å²) in [7, 11) is 1.66. The molecule has 5 nitrogen and oxygen atoms in total. The Morgan fingerprint density at radius 2 is 1.90 bits per heavy atom. The smallest absolute Gasteiger partial charge is 0.221 e. The number of carbonyl (C=O) groups excluding carboxylic acids is 1. The highest BCUT2D eigenvalue weighted by Crippen LogP contribution is 2.37. The highest BCUT2D eigenvalue weighted by molar-refractivity contribution is 5.86. The minimum Gasteiger partial charge on any atom is -0.496 e. The van der Waals surface area contributed by atoms with Crippen molar-refractivity contribution in [1.82, 2.24) is 15.3 Å². The van der Waals surface area contributed by atoms with Gasteiger partial charge in [-0.1, -0.05) is 42.5 Å². The molecule has 0 aliphatic heterocycles. The molecule has 5 heteroatoms. The van der Waals surface area contributed by atoms with Crippen LogP contribution in [0.2, 0.25) is 0 Å². The van der Waals surface area contributed by atoms with Crippen LogP contribution in [0.5, 0.6) is 5.75 Å². The van der Waals surface area contributed by atoms with E-state index in [1.165, 1.54) is 0 Å². The molecule has 1 amide bonds. The summed E-state index contributed by atoms with van der Waals surface area (Å²) in [5.41, 5.74) is 4.11. The topological polar surface area (TPSA) is 67.0 Å². The monoisotopic (exact) mass is 385 g/mol. The number of H-pyrrole nitrogens is 1. The van der Waals surface area contributed by atoms with Crippen molar-refractivity contribution in [3.05, 3.63) is 95.9 Å². The fraction of sp³-hybridized carbons (Fsp3) is 0.167. The van der Waals surface area contributed by atoms with E-state index in [1.807, 2.05) is 60.8 Å². The van der Waals surface area contributed by atoms with Crippen LogP contribution >= 0.6 is 0 Å². The number of rotatable bonds is 7. The van der Waals surface area contributed by atoms with Gasteiger partial charge in [0.25, 0.3) is 0 Å². The van der Waals surface area contributed by atoms with Crippen LogP contribution in [-0.2, 0) is 11.3 Å². The lowest BCUT2D eigenvalue weighted by Crippen LogP contribution is -2.25. The van der Waals surface area contributed by atoms with Gasteiger partial charge in [0.05, 0.1) is 7.11 Å². The normalized spacial score (nSPS) is 11.9. The van der Waals surface area contributed by atoms with Crippen LogP contribution in [-0.4, -0.2) is 23.0 Å². The van der Waals surface area contributed by atoms with Crippen molar-refractivity contribution >= 4 is 16.8 Å². The van der Waals surface area contributed by atoms with Gasteiger partial charge >= 0.3 is 0 Å². The predicted molar refractivity (Wildman–Crippen MR) is 114 cm³/mol. The number of fused-ring (bicyclic) bond motifs is 1. The molecule has 0 bridgehead atoms. The minimum atomic E-state index is -0.129. The van der Waals surface area contributed by atoms with Crippen LogP contribution in [0, 0.1) is 0 Å². The van der Waals surface area contributed by atoms with Gasteiger partial charge in [-0.2, -0.15) is 0 Å². The molecule has 4 rings (SSSR count). The molecule has 0 radical (unpaired) electrons. The van der Waals surface area contributed by atoms with Crippen molar-refractivity contribution in [3.63, 3.8) is 0 Å². The summed E-state index contributed by atoms with van der Waals surface area (Å²) in [5.74, 6) is 0.633. The summed E-state index contributed by atoms with van der Waals surface area (Å²) in [6.07, 6.45) is 5.80. The highest BCUT2D eigenvalue weighted by atomic mass is 16.5. The molecule has 0 aliphatic rings. The Morgan fingerprint density at radius 3 is 2.72 bits per heavy atom. The number of pyridine rings is 1. The second-order valence-corrected chi connectivity index (χ2v) is 6.93. The molecule has 29 heavy (non-hydrogen) atoms. The molecule has 2 aromatic carbocycles. The van der Waals surface area contributed by atoms with Crippen LogP contribution in [0.15, 0.2) is 79.3 Å². The average Bonchev–Trinajstić information content (AvgIpc) is 3.21. The summed E-state index contributed by atoms with van der Waals surface area (Å²) < 4.78 is 5.60. The summed E-state index contributed by atoms with van der Waals surface area (Å²) in [4.78, 5) is 20.3. The number of hydrogen-bond donors (Lipinski definition) is 2. The van der Waals surface area contributed by atoms with Gasteiger partial charge < -0.3 is 15.0 Å². The number of aromatic amines is 1. The van der Waals surface area contributed by atoms with Crippen molar-refractivity contribution < 1.29 is 9.53 Å². The zero-order chi connectivity index (χ0) is 20.1. The largest absolute Gasteiger partial charge is 0.496 e. The molecule has 0 saturated heterocycles. The Hall–Kier alpha value is -3.60. The van der Waals surface area contributed by atoms with Crippen LogP contribution in [0.4, 0.5) is 0 Å². The third-order valence-corrected chi connectivity index (χ3v) is 5.11. The van der Waals surface area contributed by atoms with E-state index in [9.17, 15) is 4.79 Å². The fourth-order valence-corrected chi connectivity index (χ4v) is 3.68. The summed E-state index contributed by atoms with van der Waals surface area (Å²) >= 11 is 0. The Bertz CT molecular complexity index is 1110. The van der Waals surface area contributed by atoms with Gasteiger partial charge in [-0.3, -0.25) is 9.78 Å². The summed E-state index contributed by atoms with van der Waals surface area (Å²) in [5, 5.41) is 4.13. The number of amides is 1. The lowest BCUT2D eigenvalue weighted by atomic mass is 9.87. The molecule has 1 unspecified atom stereocenters. The van der Waals surface area contributed by atoms with Gasteiger partial charge in [0, 0.05) is 53.9 Å². The van der Waals surface area contributed by atoms with Crippen LogP contribution in [0.1, 0.15) is 29.0 Å². The molecule has 2 heterocycles. The number of hydrogen-bond acceptors (Lipinski definition) is 3. The second-order valence-electron chi connectivity index (χ2n) is 6.93. The van der Waals surface area contributed by atoms with Crippen molar-refractivity contribution in [2.45, 2.75) is 18.9 Å². The van der Waals surface area contributed by atoms with E-state index in [2.05, 4.69) is 21.4 Å². The quantitative estimate of drug-likeness (QED) is 0.495. The third kappa shape index (κ3) is 4.14. The zero-order valence-corrected chi connectivity index (χ0v) is 16.3. The first-order valence-electron chi connectivity index (χ1n) is 9.61. The standard InChI is InChI=1S/C24H23N3O2/c1-29-23-11-5-3-9-19(23)20(21-16-26-22-10-4-2-8-18(21)22)13-24(28)27-15-17-7-6-12-25-14-17/h2-12,14,16,20,26H,13,15H2,1H3,(H,27,28). The number of carbonyl (C=O) groups is 1. The highest BCUT2D eigenvalue weighted by Gasteiger charge is 2.24. The molecule has 146 valence electrons. The Labute approximate surface area is 169 Å². The lowest BCUT2D eigenvalue weighted by Gasteiger charge is -2.20. The molecule has 2 N–H and O–H groups in total. The van der Waals surface area contributed by atoms with Crippen molar-refractivity contribution in [2.24, 2.45) is 0 Å². The van der Waals surface area contributed by atoms with Crippen molar-refractivity contribution in [1.29, 1.82) is 0 Å². The van der Waals surface area contributed by atoms with E-state index in [-0.39, 0.29) is 11.8 Å². The number of nitrogens with one attached hydrogen (secondary N) is 2. The molecule has 0 fully saturated rings. The molecular formula is C24H23N3O2. The van der Waals surface area contributed by atoms with Gasteiger partial charge in [-0.05, 0) is 29.3 Å². The first-order valence-corrected chi connectivity index (χ1v) is 9.61. The number of nitrogens with zero attached hydrogens (tertiary/aromatic N) is 1. The molecule has 2 aromatic heterocycles. The first kappa shape index (κ1) is 18.7. The van der Waals surface area contributed by atoms with Gasteiger partial charge in [0.1, 0.15) is 5.75 Å². The van der Waals surface area contributed by atoms with Crippen molar-refractivity contribution in [2.75, 3.05) is 7.11 Å². The maximum atomic E-state index is 12.8. The van der Waals surface area contributed by atoms with Gasteiger partial charge in [0.2, 0.25) is 5.91 Å². The van der Waals surface area contributed by atoms with E-state index in [0.29, 0.717) is 13.0 Å². The Balaban J connectivity index is 1.64. The maximum Gasteiger partial charge on any atom is 0.221 e. The predicted octanol–water partition coefficient (Wildman–Crippen LogP) is 4.41. The van der Waals surface area contributed by atoms with Crippen LogP contribution < -0.4 is 10.1 Å². The summed E-state index contributed by atoms with van der Waals surface area (Å²) in [6, 6.07) is 19.8. The molecule has 0 aliphatic carbocycles. The molecule has 0 saturated carbocycles. The molecule has 0 spiro atoms. The van der Waals surface area contributed by atoms with E-state index in [1.54, 1.807) is 19.5 Å². The molecular weight excluding hydrogens is 362 g/mol. The fourth-order valence-electron chi connectivity index (χ4n) is 3.68. The third-order valence-electron chi connectivity index (χ3n) is 5.11. The molecule has 4 aromatic rings. The van der Waals surface area contributed by atoms with E-state index < -0.39 is 0 Å². The lowest BCUT2D eigenvalue weighted by molar-refractivity contribution is -0.121. The van der Waals surface area contributed by atoms with Crippen LogP contribution in [0.25, 0.3) is 10.9 Å². The average molecular weight is 385 g/mol. The number of para-hydroxylation sites is 2. The van der Waals surface area contributed by atoms with Crippen LogP contribution in [0.3, 0.4) is 0 Å². The van der Waals surface area contributed by atoms with Gasteiger partial charge in [-0.25, -0.2) is 0 Å². The molecule has 1 atom stereocenters. The Kier molecular flexibility index (Phi) is 5.56. The zero-order valence-electron chi connectivity index (χ0n) is 16.3. The first-order chi connectivity index (χ1) is 14.3. The number of methoxy groups -OCH3 is 1. The minimum absolute atomic E-state index is 0.0185. The maximum absolute atomic E-state index is 12.8. The number of aromatic nitrogens is 2. The SMILES string of the molecule is COc1ccccc1C(CC(=O)NCc1cccnc1)c1c[nH]c2ccccc12.